The van der Waals surface area contributed by atoms with E-state index in [1.165, 1.54) is 4.88 Å². The third-order valence-corrected chi connectivity index (χ3v) is 3.41. The summed E-state index contributed by atoms with van der Waals surface area (Å²) in [6.07, 6.45) is 0.920. The number of hydrogen-bond donors (Lipinski definition) is 1. The molecule has 15 heavy (non-hydrogen) atoms. The summed E-state index contributed by atoms with van der Waals surface area (Å²) in [5.41, 5.74) is 0.837. The second-order valence-corrected chi connectivity index (χ2v) is 5.95. The maximum atomic E-state index is 10.7. The fraction of sp³-hybridized carbons (Fsp3) is 0.636. The Balaban J connectivity index is 2.72. The number of nitrogens with zero attached hydrogens (tertiary/aromatic N) is 1. The first-order valence-electron chi connectivity index (χ1n) is 4.95. The Morgan fingerprint density at radius 1 is 1.47 bits per heavy atom. The molecular formula is C11H17NO2S. The van der Waals surface area contributed by atoms with Crippen molar-refractivity contribution in [3.05, 3.63) is 15.6 Å². The molecule has 0 atom stereocenters. The van der Waals surface area contributed by atoms with Gasteiger partial charge >= 0.3 is 5.97 Å². The zero-order valence-corrected chi connectivity index (χ0v) is 10.4. The lowest BCUT2D eigenvalue weighted by Gasteiger charge is -2.20. The van der Waals surface area contributed by atoms with Crippen LogP contribution in [0, 0.1) is 19.3 Å². The van der Waals surface area contributed by atoms with Crippen LogP contribution in [-0.2, 0) is 11.2 Å². The highest BCUT2D eigenvalue weighted by atomic mass is 32.1. The van der Waals surface area contributed by atoms with E-state index < -0.39 is 5.97 Å². The molecule has 0 bridgehead atoms. The second kappa shape index (κ2) is 4.31. The van der Waals surface area contributed by atoms with Crippen LogP contribution in [0.15, 0.2) is 0 Å². The third-order valence-electron chi connectivity index (χ3n) is 2.33. The van der Waals surface area contributed by atoms with Crippen molar-refractivity contribution in [3.63, 3.8) is 0 Å². The highest BCUT2D eigenvalue weighted by Crippen LogP contribution is 2.28. The van der Waals surface area contributed by atoms with Gasteiger partial charge in [0, 0.05) is 11.3 Å². The van der Waals surface area contributed by atoms with E-state index in [0.29, 0.717) is 0 Å². The molecule has 1 heterocycles. The predicted octanol–water partition coefficient (Wildman–Crippen LogP) is 2.80. The Hall–Kier alpha value is -0.900. The second-order valence-electron chi connectivity index (χ2n) is 4.66. The summed E-state index contributed by atoms with van der Waals surface area (Å²) in [7, 11) is 0. The van der Waals surface area contributed by atoms with Crippen LogP contribution in [0.4, 0.5) is 0 Å². The molecule has 0 unspecified atom stereocenters. The molecule has 1 N–H and O–H groups in total. The maximum absolute atomic E-state index is 10.7. The molecule has 1 aromatic heterocycles. The maximum Gasteiger partial charge on any atom is 0.303 e. The number of aromatic nitrogens is 1. The third kappa shape index (κ3) is 3.63. The Morgan fingerprint density at radius 3 is 2.47 bits per heavy atom. The molecule has 0 spiro atoms. The molecule has 0 saturated heterocycles. The van der Waals surface area contributed by atoms with Gasteiger partial charge in [-0.2, -0.15) is 0 Å². The molecule has 84 valence electrons. The van der Waals surface area contributed by atoms with Crippen molar-refractivity contribution in [1.82, 2.24) is 4.98 Å². The van der Waals surface area contributed by atoms with E-state index in [1.54, 1.807) is 11.3 Å². The van der Waals surface area contributed by atoms with Crippen molar-refractivity contribution < 1.29 is 9.90 Å². The summed E-state index contributed by atoms with van der Waals surface area (Å²) < 4.78 is 0. The van der Waals surface area contributed by atoms with Gasteiger partial charge < -0.3 is 5.11 Å². The van der Waals surface area contributed by atoms with E-state index in [-0.39, 0.29) is 11.8 Å². The molecule has 0 amide bonds. The number of carboxylic acids is 1. The van der Waals surface area contributed by atoms with Gasteiger partial charge in [-0.05, 0) is 19.3 Å². The summed E-state index contributed by atoms with van der Waals surface area (Å²) in [6, 6.07) is 0. The van der Waals surface area contributed by atoms with Crippen LogP contribution in [0.5, 0.6) is 0 Å². The van der Waals surface area contributed by atoms with Crippen LogP contribution in [0.3, 0.4) is 0 Å². The Morgan fingerprint density at radius 2 is 2.07 bits per heavy atom. The Labute approximate surface area is 94.2 Å². The van der Waals surface area contributed by atoms with Crippen molar-refractivity contribution in [3.8, 4) is 0 Å². The first-order valence-corrected chi connectivity index (χ1v) is 5.76. The fourth-order valence-electron chi connectivity index (χ4n) is 1.50. The first-order chi connectivity index (χ1) is 6.80. The minimum absolute atomic E-state index is 0.185. The highest BCUT2D eigenvalue weighted by Gasteiger charge is 2.23. The van der Waals surface area contributed by atoms with Gasteiger partial charge in [0.1, 0.15) is 0 Å². The quantitative estimate of drug-likeness (QED) is 0.860. The molecule has 0 aliphatic rings. The van der Waals surface area contributed by atoms with E-state index >= 15 is 0 Å². The van der Waals surface area contributed by atoms with Crippen LogP contribution in [0.25, 0.3) is 0 Å². The molecule has 0 aliphatic carbocycles. The van der Waals surface area contributed by atoms with Gasteiger partial charge in [-0.1, -0.05) is 13.8 Å². The fourth-order valence-corrected chi connectivity index (χ4v) is 2.69. The minimum Gasteiger partial charge on any atom is -0.481 e. The molecular weight excluding hydrogens is 210 g/mol. The Bertz CT molecular complexity index is 349. The summed E-state index contributed by atoms with van der Waals surface area (Å²) in [5.74, 6) is -0.745. The number of hydrogen-bond acceptors (Lipinski definition) is 3. The zero-order chi connectivity index (χ0) is 11.6. The van der Waals surface area contributed by atoms with E-state index in [1.807, 2.05) is 27.7 Å². The molecule has 4 heteroatoms. The molecule has 0 aromatic carbocycles. The van der Waals surface area contributed by atoms with Crippen molar-refractivity contribution >= 4 is 17.3 Å². The SMILES string of the molecule is Cc1nc(CC(C)(C)CC(=O)O)sc1C. The van der Waals surface area contributed by atoms with Gasteiger partial charge in [0.05, 0.1) is 17.1 Å². The van der Waals surface area contributed by atoms with Gasteiger partial charge in [0.15, 0.2) is 0 Å². The van der Waals surface area contributed by atoms with Gasteiger partial charge in [-0.3, -0.25) is 4.79 Å². The normalized spacial score (nSPS) is 11.7. The van der Waals surface area contributed by atoms with Crippen molar-refractivity contribution in [2.45, 2.75) is 40.5 Å². The summed E-state index contributed by atoms with van der Waals surface area (Å²) in [6.45, 7) is 7.96. The van der Waals surface area contributed by atoms with Gasteiger partial charge in [-0.15, -0.1) is 11.3 Å². The number of carbonyl (C=O) groups is 1. The summed E-state index contributed by atoms with van der Waals surface area (Å²) in [5, 5.41) is 9.81. The zero-order valence-electron chi connectivity index (χ0n) is 9.63. The molecule has 1 aromatic rings. The number of thiazole rings is 1. The van der Waals surface area contributed by atoms with Crippen molar-refractivity contribution in [2.75, 3.05) is 0 Å². The van der Waals surface area contributed by atoms with Crippen LogP contribution >= 0.6 is 11.3 Å². The highest BCUT2D eigenvalue weighted by molar-refractivity contribution is 7.11. The van der Waals surface area contributed by atoms with Crippen molar-refractivity contribution in [1.29, 1.82) is 0 Å². The largest absolute Gasteiger partial charge is 0.481 e. The molecule has 0 aliphatic heterocycles. The van der Waals surface area contributed by atoms with Gasteiger partial charge in [-0.25, -0.2) is 4.98 Å². The van der Waals surface area contributed by atoms with Crippen LogP contribution in [-0.4, -0.2) is 16.1 Å². The average Bonchev–Trinajstić information content (AvgIpc) is 2.25. The first kappa shape index (κ1) is 12.2. The van der Waals surface area contributed by atoms with Crippen LogP contribution in [0.1, 0.15) is 35.8 Å². The standard InChI is InChI=1S/C11H17NO2S/c1-7-8(2)15-9(12-7)5-11(3,4)6-10(13)14/h5-6H2,1-4H3,(H,13,14). The average molecular weight is 227 g/mol. The summed E-state index contributed by atoms with van der Waals surface area (Å²) in [4.78, 5) is 16.3. The monoisotopic (exact) mass is 227 g/mol. The lowest BCUT2D eigenvalue weighted by Crippen LogP contribution is -2.19. The molecule has 0 saturated carbocycles. The number of aliphatic carboxylic acids is 1. The van der Waals surface area contributed by atoms with E-state index in [0.717, 1.165) is 17.1 Å². The van der Waals surface area contributed by atoms with Crippen LogP contribution in [0.2, 0.25) is 0 Å². The number of rotatable bonds is 4. The molecule has 0 fully saturated rings. The Kier molecular flexibility index (Phi) is 3.50. The topological polar surface area (TPSA) is 50.2 Å². The lowest BCUT2D eigenvalue weighted by atomic mass is 9.86. The van der Waals surface area contributed by atoms with Gasteiger partial charge in [0.2, 0.25) is 0 Å². The lowest BCUT2D eigenvalue weighted by molar-refractivity contribution is -0.139. The predicted molar refractivity (Wildman–Crippen MR) is 61.3 cm³/mol. The molecule has 0 radical (unpaired) electrons. The number of aryl methyl sites for hydroxylation is 2. The molecule has 1 rings (SSSR count). The van der Waals surface area contributed by atoms with Crippen molar-refractivity contribution in [2.24, 2.45) is 5.41 Å². The van der Waals surface area contributed by atoms with Crippen LogP contribution < -0.4 is 0 Å². The number of carboxylic acid groups (broad SMARTS) is 1. The smallest absolute Gasteiger partial charge is 0.303 e. The van der Waals surface area contributed by atoms with E-state index in [9.17, 15) is 4.79 Å². The summed E-state index contributed by atoms with van der Waals surface area (Å²) >= 11 is 1.66. The van der Waals surface area contributed by atoms with E-state index in [2.05, 4.69) is 4.98 Å². The van der Waals surface area contributed by atoms with Gasteiger partial charge in [0.25, 0.3) is 0 Å². The van der Waals surface area contributed by atoms with E-state index in [4.69, 9.17) is 5.11 Å². The minimum atomic E-state index is -0.745. The molecule has 3 nitrogen and oxygen atoms in total.